The molecular formula is C26H22N4O5S. The van der Waals surface area contributed by atoms with Gasteiger partial charge < -0.3 is 23.6 Å². The van der Waals surface area contributed by atoms with Gasteiger partial charge in [-0.1, -0.05) is 17.3 Å². The van der Waals surface area contributed by atoms with E-state index in [2.05, 4.69) is 33.2 Å². The number of aromatic nitrogens is 2. The molecule has 5 rings (SSSR count). The van der Waals surface area contributed by atoms with Gasteiger partial charge in [0, 0.05) is 41.5 Å². The first kappa shape index (κ1) is 23.5. The topological polar surface area (TPSA) is 111 Å². The van der Waals surface area contributed by atoms with Crippen LogP contribution in [0.25, 0.3) is 22.5 Å². The summed E-state index contributed by atoms with van der Waals surface area (Å²) in [5.74, 6) is -0.228. The highest BCUT2D eigenvalue weighted by Gasteiger charge is 2.19. The van der Waals surface area contributed by atoms with Crippen LogP contribution in [0.15, 0.2) is 58.6 Å². The molecular weight excluding hydrogens is 480 g/mol. The van der Waals surface area contributed by atoms with Crippen molar-refractivity contribution in [3.8, 4) is 34.5 Å². The standard InChI is InChI=1S/C26H22N4O5S/c1-32-26(31)24-12-17(16-36-24)15-34-25-21(14-27)20(22-6-9-35-29-22)13-23(28-25)18-2-4-19(5-3-18)30-7-10-33-11-8-30/h2-6,9,12-13,16H,7-8,10-11,15H2,1H3. The van der Waals surface area contributed by atoms with E-state index in [9.17, 15) is 10.1 Å². The zero-order valence-corrected chi connectivity index (χ0v) is 20.3. The highest BCUT2D eigenvalue weighted by atomic mass is 32.1. The lowest BCUT2D eigenvalue weighted by Crippen LogP contribution is -2.36. The van der Waals surface area contributed by atoms with E-state index < -0.39 is 5.97 Å². The molecule has 1 aromatic carbocycles. The molecule has 0 aliphatic carbocycles. The lowest BCUT2D eigenvalue weighted by Gasteiger charge is -2.28. The summed E-state index contributed by atoms with van der Waals surface area (Å²) in [6.07, 6.45) is 1.45. The van der Waals surface area contributed by atoms with Crippen molar-refractivity contribution in [1.29, 1.82) is 5.26 Å². The van der Waals surface area contributed by atoms with E-state index in [1.165, 1.54) is 24.7 Å². The zero-order valence-electron chi connectivity index (χ0n) is 19.5. The summed E-state index contributed by atoms with van der Waals surface area (Å²) in [6.45, 7) is 3.26. The molecule has 0 spiro atoms. The molecule has 0 N–H and O–H groups in total. The fourth-order valence-corrected chi connectivity index (χ4v) is 4.72. The predicted molar refractivity (Wildman–Crippen MR) is 133 cm³/mol. The van der Waals surface area contributed by atoms with Gasteiger partial charge in [-0.3, -0.25) is 0 Å². The maximum Gasteiger partial charge on any atom is 0.348 e. The third-order valence-electron chi connectivity index (χ3n) is 5.77. The number of thiophene rings is 1. The van der Waals surface area contributed by atoms with Crippen molar-refractivity contribution in [3.05, 3.63) is 70.1 Å². The van der Waals surface area contributed by atoms with E-state index in [1.54, 1.807) is 12.1 Å². The quantitative estimate of drug-likeness (QED) is 0.336. The molecule has 182 valence electrons. The minimum absolute atomic E-state index is 0.132. The Labute approximate surface area is 211 Å². The molecule has 4 heterocycles. The highest BCUT2D eigenvalue weighted by Crippen LogP contribution is 2.34. The molecule has 3 aromatic heterocycles. The van der Waals surface area contributed by atoms with Gasteiger partial charge in [0.1, 0.15) is 35.1 Å². The Morgan fingerprint density at radius 1 is 1.17 bits per heavy atom. The number of pyridine rings is 1. The van der Waals surface area contributed by atoms with Crippen LogP contribution in [0.5, 0.6) is 5.88 Å². The van der Waals surface area contributed by atoms with Crippen molar-refractivity contribution in [1.82, 2.24) is 10.1 Å². The third-order valence-corrected chi connectivity index (χ3v) is 6.73. The summed E-state index contributed by atoms with van der Waals surface area (Å²) >= 11 is 1.27. The molecule has 0 amide bonds. The number of esters is 1. The number of carbonyl (C=O) groups excluding carboxylic acids is 1. The van der Waals surface area contributed by atoms with Crippen molar-refractivity contribution in [2.24, 2.45) is 0 Å². The lowest BCUT2D eigenvalue weighted by molar-refractivity contribution is 0.0606. The molecule has 1 saturated heterocycles. The third kappa shape index (κ3) is 4.93. The number of carbonyl (C=O) groups is 1. The van der Waals surface area contributed by atoms with E-state index in [4.69, 9.17) is 18.7 Å². The van der Waals surface area contributed by atoms with Gasteiger partial charge in [-0.25, -0.2) is 9.78 Å². The van der Waals surface area contributed by atoms with Gasteiger partial charge in [0.2, 0.25) is 5.88 Å². The smallest absolute Gasteiger partial charge is 0.348 e. The van der Waals surface area contributed by atoms with E-state index in [0.717, 1.165) is 29.9 Å². The molecule has 0 saturated carbocycles. The summed E-state index contributed by atoms with van der Waals surface area (Å²) in [6, 6.07) is 15.5. The fourth-order valence-electron chi connectivity index (χ4n) is 3.91. The van der Waals surface area contributed by atoms with Gasteiger partial charge in [0.05, 0.1) is 26.0 Å². The molecule has 0 unspecified atom stereocenters. The van der Waals surface area contributed by atoms with Gasteiger partial charge in [0.25, 0.3) is 0 Å². The second kappa shape index (κ2) is 10.6. The molecule has 0 bridgehead atoms. The molecule has 36 heavy (non-hydrogen) atoms. The Kier molecular flexibility index (Phi) is 6.93. The summed E-state index contributed by atoms with van der Waals surface area (Å²) < 4.78 is 21.2. The van der Waals surface area contributed by atoms with Crippen LogP contribution < -0.4 is 9.64 Å². The van der Waals surface area contributed by atoms with Crippen LogP contribution >= 0.6 is 11.3 Å². The van der Waals surface area contributed by atoms with Gasteiger partial charge in [-0.2, -0.15) is 5.26 Å². The van der Waals surface area contributed by atoms with Gasteiger partial charge in [-0.15, -0.1) is 11.3 Å². The van der Waals surface area contributed by atoms with Crippen LogP contribution in [-0.2, 0) is 16.1 Å². The number of methoxy groups -OCH3 is 1. The van der Waals surface area contributed by atoms with Crippen molar-refractivity contribution in [2.75, 3.05) is 38.3 Å². The number of nitriles is 1. The maximum absolute atomic E-state index is 11.8. The van der Waals surface area contributed by atoms with Gasteiger partial charge in [0.15, 0.2) is 0 Å². The first-order chi connectivity index (χ1) is 17.7. The predicted octanol–water partition coefficient (Wildman–Crippen LogP) is 4.54. The van der Waals surface area contributed by atoms with Crippen LogP contribution in [0.2, 0.25) is 0 Å². The average Bonchev–Trinajstić information content (AvgIpc) is 3.64. The minimum atomic E-state index is -0.405. The molecule has 1 aliphatic heterocycles. The van der Waals surface area contributed by atoms with E-state index in [0.29, 0.717) is 35.0 Å². The largest absolute Gasteiger partial charge is 0.472 e. The molecule has 4 aromatic rings. The fraction of sp³-hybridized carbons (Fsp3) is 0.231. The zero-order chi connectivity index (χ0) is 24.9. The minimum Gasteiger partial charge on any atom is -0.472 e. The Bertz CT molecular complexity index is 1390. The summed E-state index contributed by atoms with van der Waals surface area (Å²) in [5, 5.41) is 15.8. The van der Waals surface area contributed by atoms with Crippen molar-refractivity contribution < 1.29 is 23.5 Å². The monoisotopic (exact) mass is 502 g/mol. The van der Waals surface area contributed by atoms with E-state index >= 15 is 0 Å². The van der Waals surface area contributed by atoms with Crippen LogP contribution in [0.1, 0.15) is 20.8 Å². The second-order valence-electron chi connectivity index (χ2n) is 7.98. The van der Waals surface area contributed by atoms with Crippen molar-refractivity contribution >= 4 is 23.0 Å². The van der Waals surface area contributed by atoms with Crippen LogP contribution in [-0.4, -0.2) is 49.5 Å². The SMILES string of the molecule is COC(=O)c1cc(COc2nc(-c3ccc(N4CCOCC4)cc3)cc(-c3ccon3)c2C#N)cs1. The molecule has 1 fully saturated rings. The van der Waals surface area contributed by atoms with Crippen molar-refractivity contribution in [2.45, 2.75) is 6.61 Å². The first-order valence-electron chi connectivity index (χ1n) is 11.2. The number of hydrogen-bond donors (Lipinski definition) is 0. The van der Waals surface area contributed by atoms with Gasteiger partial charge >= 0.3 is 5.97 Å². The van der Waals surface area contributed by atoms with Crippen molar-refractivity contribution in [3.63, 3.8) is 0 Å². The average molecular weight is 503 g/mol. The Morgan fingerprint density at radius 3 is 2.67 bits per heavy atom. The molecule has 0 radical (unpaired) electrons. The molecule has 0 atom stereocenters. The van der Waals surface area contributed by atoms with E-state index in [-0.39, 0.29) is 18.1 Å². The molecule has 10 heteroatoms. The second-order valence-corrected chi connectivity index (χ2v) is 8.89. The first-order valence-corrected chi connectivity index (χ1v) is 12.1. The Balaban J connectivity index is 1.47. The number of nitrogens with zero attached hydrogens (tertiary/aromatic N) is 4. The summed E-state index contributed by atoms with van der Waals surface area (Å²) in [4.78, 5) is 19.2. The van der Waals surface area contributed by atoms with Gasteiger partial charge in [-0.05, 0) is 29.6 Å². The summed E-state index contributed by atoms with van der Waals surface area (Å²) in [7, 11) is 1.34. The number of rotatable bonds is 7. The lowest BCUT2D eigenvalue weighted by atomic mass is 10.0. The number of anilines is 1. The Morgan fingerprint density at radius 2 is 1.97 bits per heavy atom. The van der Waals surface area contributed by atoms with Crippen LogP contribution in [0, 0.1) is 11.3 Å². The highest BCUT2D eigenvalue weighted by molar-refractivity contribution is 7.12. The van der Waals surface area contributed by atoms with Crippen LogP contribution in [0.4, 0.5) is 5.69 Å². The van der Waals surface area contributed by atoms with Crippen LogP contribution in [0.3, 0.4) is 0 Å². The maximum atomic E-state index is 11.8. The number of benzene rings is 1. The number of hydrogen-bond acceptors (Lipinski definition) is 10. The normalized spacial score (nSPS) is 13.3. The number of ether oxygens (including phenoxy) is 3. The molecule has 1 aliphatic rings. The molecule has 9 nitrogen and oxygen atoms in total. The van der Waals surface area contributed by atoms with E-state index in [1.807, 2.05) is 23.6 Å². The Hall–Kier alpha value is -4.20. The number of morpholine rings is 1. The summed E-state index contributed by atoms with van der Waals surface area (Å²) in [5.41, 5.74) is 4.71.